The van der Waals surface area contributed by atoms with Crippen LogP contribution in [-0.2, 0) is 0 Å². The number of amides is 1. The van der Waals surface area contributed by atoms with E-state index in [1.165, 1.54) is 19.3 Å². The lowest BCUT2D eigenvalue weighted by molar-refractivity contribution is 0.0882. The van der Waals surface area contributed by atoms with E-state index in [0.717, 1.165) is 22.0 Å². The van der Waals surface area contributed by atoms with Gasteiger partial charge in [0.1, 0.15) is 0 Å². The minimum absolute atomic E-state index is 0.00570. The van der Waals surface area contributed by atoms with Gasteiger partial charge in [-0.1, -0.05) is 31.4 Å². The topological polar surface area (TPSA) is 29.1 Å². The van der Waals surface area contributed by atoms with E-state index in [1.807, 2.05) is 24.3 Å². The lowest BCUT2D eigenvalue weighted by Crippen LogP contribution is -2.47. The summed E-state index contributed by atoms with van der Waals surface area (Å²) in [5, 5.41) is 3.21. The first-order valence-electron chi connectivity index (χ1n) is 6.18. The zero-order valence-electron chi connectivity index (χ0n) is 10.1. The van der Waals surface area contributed by atoms with Gasteiger partial charge in [0.2, 0.25) is 0 Å². The van der Waals surface area contributed by atoms with Crippen LogP contribution >= 0.6 is 22.6 Å². The summed E-state index contributed by atoms with van der Waals surface area (Å²) in [5.74, 6) is 0.0689. The molecule has 0 aliphatic heterocycles. The minimum atomic E-state index is -0.00570. The van der Waals surface area contributed by atoms with Crippen molar-refractivity contribution in [2.45, 2.75) is 44.6 Å². The highest BCUT2D eigenvalue weighted by molar-refractivity contribution is 14.1. The fourth-order valence-corrected chi connectivity index (χ4v) is 3.08. The first kappa shape index (κ1) is 12.9. The fourth-order valence-electron chi connectivity index (χ4n) is 2.44. The summed E-state index contributed by atoms with van der Waals surface area (Å²) in [5.41, 5.74) is 0.786. The Hall–Kier alpha value is -0.580. The number of carbonyl (C=O) groups excluding carboxylic acids is 1. The Morgan fingerprint density at radius 1 is 1.24 bits per heavy atom. The van der Waals surface area contributed by atoms with E-state index in [9.17, 15) is 4.79 Å². The van der Waals surface area contributed by atoms with Gasteiger partial charge in [-0.25, -0.2) is 0 Å². The number of hydrogen-bond donors (Lipinski definition) is 1. The molecule has 1 fully saturated rings. The molecule has 1 aliphatic carbocycles. The Labute approximate surface area is 116 Å². The summed E-state index contributed by atoms with van der Waals surface area (Å²) >= 11 is 2.21. The molecule has 0 radical (unpaired) electrons. The minimum Gasteiger partial charge on any atom is -0.347 e. The molecule has 0 bridgehead atoms. The number of benzene rings is 1. The molecular formula is C14H18INO. The average Bonchev–Trinajstić information content (AvgIpc) is 2.29. The fraction of sp³-hybridized carbons (Fsp3) is 0.500. The normalized spacial score (nSPS) is 18.7. The Bertz CT molecular complexity index is 410. The highest BCUT2D eigenvalue weighted by Crippen LogP contribution is 2.28. The third kappa shape index (κ3) is 3.21. The van der Waals surface area contributed by atoms with E-state index in [0.29, 0.717) is 0 Å². The third-order valence-corrected chi connectivity index (χ3v) is 4.43. The molecule has 1 aromatic rings. The maximum atomic E-state index is 12.2. The SMILES string of the molecule is CC1(NC(=O)c2ccccc2I)CCCCC1. The molecule has 1 amide bonds. The van der Waals surface area contributed by atoms with Crippen LogP contribution < -0.4 is 5.32 Å². The van der Waals surface area contributed by atoms with E-state index < -0.39 is 0 Å². The van der Waals surface area contributed by atoms with Gasteiger partial charge in [-0.15, -0.1) is 0 Å². The van der Waals surface area contributed by atoms with Crippen LogP contribution in [0.1, 0.15) is 49.4 Å². The Morgan fingerprint density at radius 3 is 2.53 bits per heavy atom. The highest BCUT2D eigenvalue weighted by atomic mass is 127. The molecular weight excluding hydrogens is 325 g/mol. The molecule has 0 unspecified atom stereocenters. The lowest BCUT2D eigenvalue weighted by Gasteiger charge is -2.34. The Morgan fingerprint density at radius 2 is 1.88 bits per heavy atom. The van der Waals surface area contributed by atoms with Crippen molar-refractivity contribution >= 4 is 28.5 Å². The summed E-state index contributed by atoms with van der Waals surface area (Å²) in [4.78, 5) is 12.2. The van der Waals surface area contributed by atoms with Crippen molar-refractivity contribution in [2.24, 2.45) is 0 Å². The molecule has 0 spiro atoms. The van der Waals surface area contributed by atoms with Gasteiger partial charge in [-0.3, -0.25) is 4.79 Å². The van der Waals surface area contributed by atoms with Crippen LogP contribution in [0.2, 0.25) is 0 Å². The number of rotatable bonds is 2. The molecule has 0 aromatic heterocycles. The van der Waals surface area contributed by atoms with Crippen LogP contribution in [-0.4, -0.2) is 11.4 Å². The van der Waals surface area contributed by atoms with E-state index in [-0.39, 0.29) is 11.4 Å². The second-order valence-electron chi connectivity index (χ2n) is 5.06. The van der Waals surface area contributed by atoms with Gasteiger partial charge < -0.3 is 5.32 Å². The molecule has 0 heterocycles. The Balaban J connectivity index is 2.09. The molecule has 1 saturated carbocycles. The van der Waals surface area contributed by atoms with Gasteiger partial charge in [0.05, 0.1) is 5.56 Å². The zero-order chi connectivity index (χ0) is 12.3. The molecule has 0 atom stereocenters. The number of halogens is 1. The second kappa shape index (κ2) is 5.38. The number of nitrogens with one attached hydrogen (secondary N) is 1. The second-order valence-corrected chi connectivity index (χ2v) is 6.22. The van der Waals surface area contributed by atoms with Crippen molar-refractivity contribution in [2.75, 3.05) is 0 Å². The quantitative estimate of drug-likeness (QED) is 0.815. The summed E-state index contributed by atoms with van der Waals surface area (Å²) in [6, 6.07) is 7.74. The molecule has 2 rings (SSSR count). The molecule has 1 aliphatic rings. The van der Waals surface area contributed by atoms with E-state index in [4.69, 9.17) is 0 Å². The third-order valence-electron chi connectivity index (χ3n) is 3.49. The predicted octanol–water partition coefficient (Wildman–Crippen LogP) is 3.74. The maximum absolute atomic E-state index is 12.2. The summed E-state index contributed by atoms with van der Waals surface area (Å²) < 4.78 is 1.02. The van der Waals surface area contributed by atoms with Gasteiger partial charge in [-0.05, 0) is 54.5 Å². The molecule has 3 heteroatoms. The largest absolute Gasteiger partial charge is 0.347 e. The van der Waals surface area contributed by atoms with Crippen LogP contribution in [0.4, 0.5) is 0 Å². The standard InChI is InChI=1S/C14H18INO/c1-14(9-5-2-6-10-14)16-13(17)11-7-3-4-8-12(11)15/h3-4,7-8H,2,5-6,9-10H2,1H3,(H,16,17). The molecule has 1 N–H and O–H groups in total. The van der Waals surface area contributed by atoms with Gasteiger partial charge >= 0.3 is 0 Å². The monoisotopic (exact) mass is 343 g/mol. The highest BCUT2D eigenvalue weighted by Gasteiger charge is 2.28. The van der Waals surface area contributed by atoms with E-state index >= 15 is 0 Å². The van der Waals surface area contributed by atoms with Crippen LogP contribution in [0.25, 0.3) is 0 Å². The first-order valence-corrected chi connectivity index (χ1v) is 7.26. The average molecular weight is 343 g/mol. The number of hydrogen-bond acceptors (Lipinski definition) is 1. The van der Waals surface area contributed by atoms with Gasteiger partial charge in [0.25, 0.3) is 5.91 Å². The summed E-state index contributed by atoms with van der Waals surface area (Å²) in [7, 11) is 0. The van der Waals surface area contributed by atoms with E-state index in [2.05, 4.69) is 34.8 Å². The van der Waals surface area contributed by atoms with Crippen molar-refractivity contribution in [1.29, 1.82) is 0 Å². The number of carbonyl (C=O) groups is 1. The van der Waals surface area contributed by atoms with Crippen molar-refractivity contribution in [1.82, 2.24) is 5.32 Å². The van der Waals surface area contributed by atoms with Crippen molar-refractivity contribution in [3.05, 3.63) is 33.4 Å². The lowest BCUT2D eigenvalue weighted by atomic mass is 9.83. The van der Waals surface area contributed by atoms with Crippen LogP contribution in [0.3, 0.4) is 0 Å². The molecule has 0 saturated heterocycles. The Kier molecular flexibility index (Phi) is 4.07. The van der Waals surface area contributed by atoms with Crippen LogP contribution in [0, 0.1) is 3.57 Å². The summed E-state index contributed by atoms with van der Waals surface area (Å²) in [6.45, 7) is 2.17. The van der Waals surface area contributed by atoms with Crippen LogP contribution in [0.5, 0.6) is 0 Å². The van der Waals surface area contributed by atoms with Crippen molar-refractivity contribution in [3.8, 4) is 0 Å². The smallest absolute Gasteiger partial charge is 0.252 e. The van der Waals surface area contributed by atoms with Gasteiger partial charge in [-0.2, -0.15) is 0 Å². The first-order chi connectivity index (χ1) is 8.11. The molecule has 2 nitrogen and oxygen atoms in total. The van der Waals surface area contributed by atoms with Crippen LogP contribution in [0.15, 0.2) is 24.3 Å². The van der Waals surface area contributed by atoms with Gasteiger partial charge in [0.15, 0.2) is 0 Å². The summed E-state index contributed by atoms with van der Waals surface area (Å²) in [6.07, 6.45) is 5.95. The predicted molar refractivity (Wildman–Crippen MR) is 78.1 cm³/mol. The van der Waals surface area contributed by atoms with E-state index in [1.54, 1.807) is 0 Å². The molecule has 17 heavy (non-hydrogen) atoms. The maximum Gasteiger partial charge on any atom is 0.252 e. The van der Waals surface area contributed by atoms with Crippen molar-refractivity contribution < 1.29 is 4.79 Å². The van der Waals surface area contributed by atoms with Crippen molar-refractivity contribution in [3.63, 3.8) is 0 Å². The zero-order valence-corrected chi connectivity index (χ0v) is 12.3. The van der Waals surface area contributed by atoms with Gasteiger partial charge in [0, 0.05) is 9.11 Å². The molecule has 92 valence electrons. The molecule has 1 aromatic carbocycles.